The molecule has 17 heavy (non-hydrogen) atoms. The van der Waals surface area contributed by atoms with E-state index in [-0.39, 0.29) is 18.2 Å². The number of aromatic nitrogens is 1. The maximum Gasteiger partial charge on any atom is 0.138 e. The number of rotatable bonds is 6. The van der Waals surface area contributed by atoms with E-state index in [0.29, 0.717) is 0 Å². The molecule has 0 amide bonds. The first-order chi connectivity index (χ1) is 8.08. The van der Waals surface area contributed by atoms with E-state index in [1.54, 1.807) is 13.3 Å². The van der Waals surface area contributed by atoms with Crippen molar-refractivity contribution in [2.75, 3.05) is 14.2 Å². The monoisotopic (exact) mass is 238 g/mol. The average Bonchev–Trinajstić information content (AvgIpc) is 2.29. The van der Waals surface area contributed by atoms with Gasteiger partial charge in [0.25, 0.3) is 0 Å². The van der Waals surface area contributed by atoms with E-state index in [1.807, 2.05) is 40.1 Å². The van der Waals surface area contributed by atoms with E-state index >= 15 is 0 Å². The van der Waals surface area contributed by atoms with Crippen molar-refractivity contribution in [3.63, 3.8) is 0 Å². The predicted molar refractivity (Wildman–Crippen MR) is 68.3 cm³/mol. The molecule has 0 spiro atoms. The Morgan fingerprint density at radius 1 is 1.24 bits per heavy atom. The first kappa shape index (κ1) is 13.9. The third-order valence-electron chi connectivity index (χ3n) is 2.62. The smallest absolute Gasteiger partial charge is 0.138 e. The summed E-state index contributed by atoms with van der Waals surface area (Å²) in [4.78, 5) is 4.20. The lowest BCUT2D eigenvalue weighted by Crippen LogP contribution is -2.28. The fraction of sp³-hybridized carbons (Fsp3) is 0.615. The van der Waals surface area contributed by atoms with Gasteiger partial charge in [-0.2, -0.15) is 0 Å². The van der Waals surface area contributed by atoms with Crippen LogP contribution in [0.2, 0.25) is 0 Å². The van der Waals surface area contributed by atoms with Gasteiger partial charge in [0.05, 0.1) is 24.4 Å². The van der Waals surface area contributed by atoms with Crippen molar-refractivity contribution >= 4 is 0 Å². The Morgan fingerprint density at radius 3 is 2.47 bits per heavy atom. The van der Waals surface area contributed by atoms with Gasteiger partial charge in [0.1, 0.15) is 5.75 Å². The van der Waals surface area contributed by atoms with Crippen LogP contribution < -0.4 is 10.1 Å². The minimum absolute atomic E-state index is 0.0797. The number of pyridine rings is 1. The summed E-state index contributed by atoms with van der Waals surface area (Å²) < 4.78 is 11.0. The highest BCUT2D eigenvalue weighted by Crippen LogP contribution is 2.22. The number of ether oxygens (including phenoxy) is 2. The zero-order valence-corrected chi connectivity index (χ0v) is 11.2. The standard InChI is InChI=1S/C13H22N2O2/c1-9(2)17-12-6-11(7-15-8-12)13(14-4)10(3)16-5/h6-10,13-14H,1-5H3. The van der Waals surface area contributed by atoms with Crippen LogP contribution in [-0.2, 0) is 4.74 Å². The second-order valence-corrected chi connectivity index (χ2v) is 4.33. The summed E-state index contributed by atoms with van der Waals surface area (Å²) in [6, 6.07) is 2.12. The van der Waals surface area contributed by atoms with Crippen LogP contribution in [0.4, 0.5) is 0 Å². The summed E-state index contributed by atoms with van der Waals surface area (Å²) in [5.41, 5.74) is 1.07. The Kier molecular flexibility index (Phi) is 5.38. The summed E-state index contributed by atoms with van der Waals surface area (Å²) in [5.74, 6) is 0.793. The van der Waals surface area contributed by atoms with Gasteiger partial charge in [-0.15, -0.1) is 0 Å². The number of likely N-dealkylation sites (N-methyl/N-ethyl adjacent to an activating group) is 1. The zero-order valence-electron chi connectivity index (χ0n) is 11.2. The largest absolute Gasteiger partial charge is 0.489 e. The molecule has 1 aromatic rings. The highest BCUT2D eigenvalue weighted by Gasteiger charge is 2.18. The van der Waals surface area contributed by atoms with Gasteiger partial charge in [-0.3, -0.25) is 4.98 Å². The van der Waals surface area contributed by atoms with Crippen LogP contribution in [0.1, 0.15) is 32.4 Å². The lowest BCUT2D eigenvalue weighted by Gasteiger charge is -2.23. The second kappa shape index (κ2) is 6.57. The van der Waals surface area contributed by atoms with Crippen LogP contribution in [0, 0.1) is 0 Å². The Morgan fingerprint density at radius 2 is 1.94 bits per heavy atom. The molecule has 0 aliphatic rings. The Labute approximate surface area is 103 Å². The topological polar surface area (TPSA) is 43.4 Å². The summed E-state index contributed by atoms with van der Waals surface area (Å²) in [5, 5.41) is 3.23. The first-order valence-electron chi connectivity index (χ1n) is 5.90. The summed E-state index contributed by atoms with van der Waals surface area (Å²) >= 11 is 0. The molecule has 4 nitrogen and oxygen atoms in total. The molecule has 0 bridgehead atoms. The molecule has 4 heteroatoms. The second-order valence-electron chi connectivity index (χ2n) is 4.33. The number of nitrogens with one attached hydrogen (secondary N) is 1. The summed E-state index contributed by atoms with van der Waals surface area (Å²) in [6.07, 6.45) is 3.80. The van der Waals surface area contributed by atoms with Crippen LogP contribution in [0.25, 0.3) is 0 Å². The first-order valence-corrected chi connectivity index (χ1v) is 5.90. The van der Waals surface area contributed by atoms with Crippen LogP contribution in [-0.4, -0.2) is 31.3 Å². The van der Waals surface area contributed by atoms with Crippen LogP contribution in [0.3, 0.4) is 0 Å². The van der Waals surface area contributed by atoms with Gasteiger partial charge in [-0.1, -0.05) is 0 Å². The Hall–Kier alpha value is -1.13. The van der Waals surface area contributed by atoms with Crippen molar-refractivity contribution in [2.24, 2.45) is 0 Å². The van der Waals surface area contributed by atoms with Crippen molar-refractivity contribution in [3.8, 4) is 5.75 Å². The molecule has 96 valence electrons. The molecule has 1 aromatic heterocycles. The SMILES string of the molecule is CNC(c1cncc(OC(C)C)c1)C(C)OC. The van der Waals surface area contributed by atoms with Crippen molar-refractivity contribution < 1.29 is 9.47 Å². The van der Waals surface area contributed by atoms with Gasteiger partial charge in [0.2, 0.25) is 0 Å². The molecule has 1 N–H and O–H groups in total. The molecule has 2 unspecified atom stereocenters. The number of methoxy groups -OCH3 is 1. The highest BCUT2D eigenvalue weighted by atomic mass is 16.5. The number of hydrogen-bond acceptors (Lipinski definition) is 4. The third kappa shape index (κ3) is 3.98. The fourth-order valence-electron chi connectivity index (χ4n) is 1.75. The van der Waals surface area contributed by atoms with E-state index in [4.69, 9.17) is 9.47 Å². The van der Waals surface area contributed by atoms with Crippen molar-refractivity contribution in [1.29, 1.82) is 0 Å². The number of nitrogens with zero attached hydrogens (tertiary/aromatic N) is 1. The summed E-state index contributed by atoms with van der Waals surface area (Å²) in [6.45, 7) is 6.02. The quantitative estimate of drug-likeness (QED) is 0.825. The van der Waals surface area contributed by atoms with Crippen molar-refractivity contribution in [3.05, 3.63) is 24.0 Å². The Bertz CT molecular complexity index is 342. The molecule has 0 aliphatic heterocycles. The Balaban J connectivity index is 2.88. The van der Waals surface area contributed by atoms with Gasteiger partial charge < -0.3 is 14.8 Å². The molecule has 0 aromatic carbocycles. The molecular weight excluding hydrogens is 216 g/mol. The van der Waals surface area contributed by atoms with E-state index < -0.39 is 0 Å². The molecule has 0 radical (unpaired) electrons. The van der Waals surface area contributed by atoms with Gasteiger partial charge >= 0.3 is 0 Å². The third-order valence-corrected chi connectivity index (χ3v) is 2.62. The normalized spacial score (nSPS) is 14.7. The zero-order chi connectivity index (χ0) is 12.8. The maximum absolute atomic E-state index is 5.63. The average molecular weight is 238 g/mol. The molecule has 2 atom stereocenters. The molecule has 0 saturated heterocycles. The minimum Gasteiger partial charge on any atom is -0.489 e. The van der Waals surface area contributed by atoms with Crippen LogP contribution >= 0.6 is 0 Å². The summed E-state index contributed by atoms with van der Waals surface area (Å²) in [7, 11) is 3.62. The molecule has 1 rings (SSSR count). The molecule has 0 saturated carbocycles. The van der Waals surface area contributed by atoms with Crippen molar-refractivity contribution in [2.45, 2.75) is 39.0 Å². The van der Waals surface area contributed by atoms with Gasteiger partial charge in [0.15, 0.2) is 0 Å². The van der Waals surface area contributed by atoms with Gasteiger partial charge in [-0.25, -0.2) is 0 Å². The lowest BCUT2D eigenvalue weighted by molar-refractivity contribution is 0.0854. The molecule has 0 fully saturated rings. The van der Waals surface area contributed by atoms with E-state index in [9.17, 15) is 0 Å². The molecular formula is C13H22N2O2. The van der Waals surface area contributed by atoms with Gasteiger partial charge in [0, 0.05) is 13.3 Å². The lowest BCUT2D eigenvalue weighted by atomic mass is 10.0. The number of hydrogen-bond donors (Lipinski definition) is 1. The minimum atomic E-state index is 0.0797. The predicted octanol–water partition coefficient (Wildman–Crippen LogP) is 2.16. The van der Waals surface area contributed by atoms with E-state index in [0.717, 1.165) is 11.3 Å². The maximum atomic E-state index is 5.63. The molecule has 0 aliphatic carbocycles. The van der Waals surface area contributed by atoms with Crippen LogP contribution in [0.15, 0.2) is 18.5 Å². The van der Waals surface area contributed by atoms with Gasteiger partial charge in [-0.05, 0) is 39.4 Å². The van der Waals surface area contributed by atoms with E-state index in [1.165, 1.54) is 0 Å². The fourth-order valence-corrected chi connectivity index (χ4v) is 1.75. The molecule has 1 heterocycles. The highest BCUT2D eigenvalue weighted by molar-refractivity contribution is 5.26. The van der Waals surface area contributed by atoms with Crippen molar-refractivity contribution in [1.82, 2.24) is 10.3 Å². The van der Waals surface area contributed by atoms with Crippen LogP contribution in [0.5, 0.6) is 5.75 Å². The van der Waals surface area contributed by atoms with E-state index in [2.05, 4.69) is 10.3 Å².